The highest BCUT2D eigenvalue weighted by atomic mass is 15.2. The molecule has 0 bridgehead atoms. The monoisotopic (exact) mass is 339 g/mol. The summed E-state index contributed by atoms with van der Waals surface area (Å²) >= 11 is 0. The number of nitrogens with one attached hydrogen (secondary N) is 1. The Balaban J connectivity index is 1.76. The number of likely N-dealkylation sites (N-methyl/N-ethyl adjacent to an activating group) is 1. The normalized spacial score (nSPS) is 18.0. The topological polar surface area (TPSA) is 44.3 Å². The summed E-state index contributed by atoms with van der Waals surface area (Å²) in [5.41, 5.74) is 2.36. The van der Waals surface area contributed by atoms with E-state index in [0.29, 0.717) is 6.04 Å². The largest absolute Gasteiger partial charge is 0.373 e. The number of pyridine rings is 2. The van der Waals surface area contributed by atoms with Gasteiger partial charge in [-0.2, -0.15) is 0 Å². The Labute approximate surface area is 151 Å². The van der Waals surface area contributed by atoms with Crippen LogP contribution in [0.15, 0.2) is 42.7 Å². The molecule has 1 aliphatic rings. The molecule has 3 rings (SSSR count). The van der Waals surface area contributed by atoms with Gasteiger partial charge in [0, 0.05) is 50.7 Å². The smallest absolute Gasteiger partial charge is 0.130 e. The van der Waals surface area contributed by atoms with Crippen molar-refractivity contribution in [3.05, 3.63) is 54.0 Å². The van der Waals surface area contributed by atoms with Crippen LogP contribution in [0.2, 0.25) is 0 Å². The maximum Gasteiger partial charge on any atom is 0.130 e. The Hall–Kier alpha value is -1.98. The highest BCUT2D eigenvalue weighted by Crippen LogP contribution is 2.21. The van der Waals surface area contributed by atoms with Crippen LogP contribution in [-0.2, 0) is 13.1 Å². The van der Waals surface area contributed by atoms with Crippen molar-refractivity contribution >= 4 is 5.82 Å². The lowest BCUT2D eigenvalue weighted by atomic mass is 10.1. The van der Waals surface area contributed by atoms with Gasteiger partial charge in [0.15, 0.2) is 0 Å². The third-order valence-corrected chi connectivity index (χ3v) is 5.01. The summed E-state index contributed by atoms with van der Waals surface area (Å²) in [6.45, 7) is 7.45. The fraction of sp³-hybridized carbons (Fsp3) is 0.500. The third-order valence-electron chi connectivity index (χ3n) is 5.01. The highest BCUT2D eigenvalue weighted by molar-refractivity contribution is 5.42. The van der Waals surface area contributed by atoms with Crippen LogP contribution >= 0.6 is 0 Å². The predicted octanol–water partition coefficient (Wildman–Crippen LogP) is 3.00. The van der Waals surface area contributed by atoms with E-state index in [1.807, 2.05) is 31.6 Å². The van der Waals surface area contributed by atoms with Gasteiger partial charge in [-0.05, 0) is 44.1 Å². The summed E-state index contributed by atoms with van der Waals surface area (Å²) in [6, 6.07) is 11.0. The van der Waals surface area contributed by atoms with E-state index in [1.165, 1.54) is 24.9 Å². The van der Waals surface area contributed by atoms with E-state index in [9.17, 15) is 0 Å². The first-order valence-electron chi connectivity index (χ1n) is 9.28. The number of aromatic nitrogens is 2. The number of anilines is 1. The van der Waals surface area contributed by atoms with Crippen LogP contribution < -0.4 is 5.32 Å². The Morgan fingerprint density at radius 2 is 2.04 bits per heavy atom. The minimum absolute atomic E-state index is 0.642. The van der Waals surface area contributed by atoms with Crippen LogP contribution in [0.3, 0.4) is 0 Å². The van der Waals surface area contributed by atoms with Gasteiger partial charge in [0.05, 0.1) is 5.69 Å². The van der Waals surface area contributed by atoms with Crippen LogP contribution in [-0.4, -0.2) is 52.5 Å². The van der Waals surface area contributed by atoms with Crippen molar-refractivity contribution in [2.24, 2.45) is 0 Å². The standard InChI is InChI=1S/C20H29N5/c1-3-25-13-7-10-19(25)16-24(15-18-9-4-5-11-22-18)14-17-8-6-12-23-20(17)21-2/h4-6,8-9,11-12,19H,3,7,10,13-16H2,1-2H3,(H,21,23)/t19-/m1/s1. The lowest BCUT2D eigenvalue weighted by Gasteiger charge is -2.30. The van der Waals surface area contributed by atoms with Gasteiger partial charge in [-0.3, -0.25) is 14.8 Å². The minimum atomic E-state index is 0.642. The molecule has 3 heterocycles. The molecule has 134 valence electrons. The van der Waals surface area contributed by atoms with Crippen molar-refractivity contribution in [3.63, 3.8) is 0 Å². The summed E-state index contributed by atoms with van der Waals surface area (Å²) < 4.78 is 0. The molecular weight excluding hydrogens is 310 g/mol. The summed E-state index contributed by atoms with van der Waals surface area (Å²) in [4.78, 5) is 14.1. The maximum atomic E-state index is 4.53. The molecule has 1 saturated heterocycles. The Morgan fingerprint density at radius 3 is 2.80 bits per heavy atom. The van der Waals surface area contributed by atoms with Crippen LogP contribution in [0.25, 0.3) is 0 Å². The quantitative estimate of drug-likeness (QED) is 0.801. The molecule has 0 spiro atoms. The van der Waals surface area contributed by atoms with Crippen molar-refractivity contribution in [2.45, 2.75) is 38.9 Å². The molecule has 2 aromatic heterocycles. The summed E-state index contributed by atoms with van der Waals surface area (Å²) in [6.07, 6.45) is 6.32. The number of hydrogen-bond donors (Lipinski definition) is 1. The van der Waals surface area contributed by atoms with Gasteiger partial charge in [0.25, 0.3) is 0 Å². The zero-order valence-corrected chi connectivity index (χ0v) is 15.4. The maximum absolute atomic E-state index is 4.53. The second-order valence-electron chi connectivity index (χ2n) is 6.68. The van der Waals surface area contributed by atoms with Gasteiger partial charge in [-0.25, -0.2) is 4.98 Å². The van der Waals surface area contributed by atoms with Gasteiger partial charge in [-0.15, -0.1) is 0 Å². The molecule has 1 atom stereocenters. The van der Waals surface area contributed by atoms with Crippen molar-refractivity contribution in [1.29, 1.82) is 0 Å². The van der Waals surface area contributed by atoms with E-state index in [4.69, 9.17) is 0 Å². The Bertz CT molecular complexity index is 646. The highest BCUT2D eigenvalue weighted by Gasteiger charge is 2.25. The Kier molecular flexibility index (Phi) is 6.36. The van der Waals surface area contributed by atoms with Gasteiger partial charge in [-0.1, -0.05) is 19.1 Å². The first kappa shape index (κ1) is 17.8. The van der Waals surface area contributed by atoms with Crippen LogP contribution in [0.5, 0.6) is 0 Å². The van der Waals surface area contributed by atoms with Crippen LogP contribution in [0.1, 0.15) is 31.0 Å². The Morgan fingerprint density at radius 1 is 1.16 bits per heavy atom. The average molecular weight is 339 g/mol. The van der Waals surface area contributed by atoms with Gasteiger partial charge in [0.2, 0.25) is 0 Å². The molecule has 1 N–H and O–H groups in total. The number of rotatable bonds is 8. The zero-order valence-electron chi connectivity index (χ0n) is 15.4. The zero-order chi connectivity index (χ0) is 17.5. The minimum Gasteiger partial charge on any atom is -0.373 e. The summed E-state index contributed by atoms with van der Waals surface area (Å²) in [7, 11) is 1.94. The molecule has 0 aromatic carbocycles. The van der Waals surface area contributed by atoms with E-state index < -0.39 is 0 Å². The summed E-state index contributed by atoms with van der Waals surface area (Å²) in [5, 5.41) is 3.21. The van der Waals surface area contributed by atoms with E-state index in [1.54, 1.807) is 0 Å². The number of likely N-dealkylation sites (tertiary alicyclic amines) is 1. The van der Waals surface area contributed by atoms with Crippen molar-refractivity contribution < 1.29 is 0 Å². The first-order chi connectivity index (χ1) is 12.3. The second-order valence-corrected chi connectivity index (χ2v) is 6.68. The summed E-state index contributed by atoms with van der Waals surface area (Å²) in [5.74, 6) is 0.965. The molecule has 25 heavy (non-hydrogen) atoms. The number of hydrogen-bond acceptors (Lipinski definition) is 5. The molecule has 1 fully saturated rings. The predicted molar refractivity (Wildman–Crippen MR) is 102 cm³/mol. The van der Waals surface area contributed by atoms with Crippen LogP contribution in [0, 0.1) is 0 Å². The molecule has 5 nitrogen and oxygen atoms in total. The fourth-order valence-corrected chi connectivity index (χ4v) is 3.75. The van der Waals surface area contributed by atoms with E-state index >= 15 is 0 Å². The SMILES string of the molecule is CCN1CCC[C@@H]1CN(Cc1ccccn1)Cc1cccnc1NC. The van der Waals surface area contributed by atoms with Gasteiger partial charge >= 0.3 is 0 Å². The van der Waals surface area contributed by atoms with Gasteiger partial charge in [0.1, 0.15) is 5.82 Å². The van der Waals surface area contributed by atoms with Crippen molar-refractivity contribution in [2.75, 3.05) is 32.0 Å². The molecule has 2 aromatic rings. The molecule has 0 unspecified atom stereocenters. The third kappa shape index (κ3) is 4.77. The van der Waals surface area contributed by atoms with Crippen molar-refractivity contribution in [3.8, 4) is 0 Å². The van der Waals surface area contributed by atoms with E-state index in [2.05, 4.69) is 50.2 Å². The average Bonchev–Trinajstić information content (AvgIpc) is 3.10. The number of nitrogens with zero attached hydrogens (tertiary/aromatic N) is 4. The van der Waals surface area contributed by atoms with E-state index in [0.717, 1.165) is 37.7 Å². The van der Waals surface area contributed by atoms with Crippen molar-refractivity contribution in [1.82, 2.24) is 19.8 Å². The molecule has 0 radical (unpaired) electrons. The first-order valence-corrected chi connectivity index (χ1v) is 9.28. The lowest BCUT2D eigenvalue weighted by Crippen LogP contribution is -2.40. The molecule has 1 aliphatic heterocycles. The molecule has 5 heteroatoms. The van der Waals surface area contributed by atoms with Gasteiger partial charge < -0.3 is 5.32 Å². The second kappa shape index (κ2) is 8.92. The molecule has 0 aliphatic carbocycles. The molecular formula is C20H29N5. The van der Waals surface area contributed by atoms with Crippen LogP contribution in [0.4, 0.5) is 5.82 Å². The molecule has 0 saturated carbocycles. The molecule has 0 amide bonds. The fourth-order valence-electron chi connectivity index (χ4n) is 3.75. The lowest BCUT2D eigenvalue weighted by molar-refractivity contribution is 0.165. The van der Waals surface area contributed by atoms with E-state index in [-0.39, 0.29) is 0 Å².